The van der Waals surface area contributed by atoms with E-state index in [4.69, 9.17) is 19.4 Å². The van der Waals surface area contributed by atoms with Gasteiger partial charge in [0.25, 0.3) is 0 Å². The Morgan fingerprint density at radius 3 is 1.94 bits per heavy atom. The molecular weight excluding hydrogens is 623 g/mol. The van der Waals surface area contributed by atoms with E-state index in [1.807, 2.05) is 18.2 Å². The van der Waals surface area contributed by atoms with Crippen molar-refractivity contribution in [3.63, 3.8) is 0 Å². The molecule has 0 saturated heterocycles. The maximum atomic E-state index is 6.85. The molecule has 1 aliphatic carbocycles. The van der Waals surface area contributed by atoms with Gasteiger partial charge in [0.1, 0.15) is 11.2 Å². The lowest BCUT2D eigenvalue weighted by Gasteiger charge is -2.41. The van der Waals surface area contributed by atoms with Crippen LogP contribution in [0.3, 0.4) is 0 Å². The van der Waals surface area contributed by atoms with Crippen molar-refractivity contribution in [2.24, 2.45) is 5.41 Å². The zero-order valence-corrected chi connectivity index (χ0v) is 29.0. The Balaban J connectivity index is 1.26. The smallest absolute Gasteiger partial charge is 0.167 e. The van der Waals surface area contributed by atoms with E-state index in [9.17, 15) is 0 Å². The van der Waals surface area contributed by atoms with Crippen molar-refractivity contribution in [3.8, 4) is 45.3 Å². The molecule has 7 aromatic carbocycles. The molecule has 51 heavy (non-hydrogen) atoms. The van der Waals surface area contributed by atoms with Gasteiger partial charge in [0.15, 0.2) is 17.5 Å². The maximum absolute atomic E-state index is 6.85. The molecule has 0 fully saturated rings. The fourth-order valence-electron chi connectivity index (χ4n) is 8.42. The van der Waals surface area contributed by atoms with Crippen molar-refractivity contribution < 1.29 is 4.42 Å². The first-order chi connectivity index (χ1) is 24.8. The lowest BCUT2D eigenvalue weighted by molar-refractivity contribution is 0.255. The Morgan fingerprint density at radius 1 is 0.510 bits per heavy atom. The van der Waals surface area contributed by atoms with Crippen molar-refractivity contribution in [1.82, 2.24) is 15.0 Å². The molecule has 2 aromatic heterocycles. The first-order valence-corrected chi connectivity index (χ1v) is 17.6. The predicted molar refractivity (Wildman–Crippen MR) is 210 cm³/mol. The fraction of sp³-hybridized carbons (Fsp3) is 0.128. The highest BCUT2D eigenvalue weighted by Crippen LogP contribution is 2.59. The molecule has 1 unspecified atom stereocenters. The van der Waals surface area contributed by atoms with E-state index >= 15 is 0 Å². The highest BCUT2D eigenvalue weighted by Gasteiger charge is 2.48. The van der Waals surface area contributed by atoms with Crippen LogP contribution in [0, 0.1) is 5.41 Å². The average molecular weight is 658 g/mol. The molecule has 10 rings (SSSR count). The Morgan fingerprint density at radius 2 is 1.14 bits per heavy atom. The molecule has 1 aliphatic rings. The minimum Gasteiger partial charge on any atom is -0.455 e. The third-order valence-electron chi connectivity index (χ3n) is 11.4. The van der Waals surface area contributed by atoms with Gasteiger partial charge in [0, 0.05) is 27.3 Å². The van der Waals surface area contributed by atoms with Crippen molar-refractivity contribution in [3.05, 3.63) is 151 Å². The third kappa shape index (κ3) is 4.23. The molecule has 1 atom stereocenters. The molecule has 0 bridgehead atoms. The number of nitrogens with zero attached hydrogens (tertiary/aromatic N) is 3. The highest BCUT2D eigenvalue weighted by atomic mass is 16.3. The zero-order chi connectivity index (χ0) is 34.5. The Labute approximate surface area is 296 Å². The molecule has 2 heterocycles. The molecule has 0 amide bonds. The van der Waals surface area contributed by atoms with Crippen LogP contribution in [0.15, 0.2) is 144 Å². The second-order valence-electron chi connectivity index (χ2n) is 14.9. The van der Waals surface area contributed by atoms with Gasteiger partial charge in [-0.05, 0) is 67.4 Å². The molecule has 0 N–H and O–H groups in total. The quantitative estimate of drug-likeness (QED) is 0.177. The molecular formula is C47H35N3O. The standard InChI is InChI=1S/C47H35N3O/c1-46(2,3)47(4)37-24-13-12-21-33(37)40-38(47)25-26-39-41(40)34-22-14-23-35(42(34)51-39)44-48-43(28-15-6-5-7-16-28)49-45(50-44)36-27-29-17-8-9-18-30(29)31-19-10-11-20-32(31)36/h5-27H,1-4H3. The number of hydrogen-bond donors (Lipinski definition) is 0. The fourth-order valence-corrected chi connectivity index (χ4v) is 8.42. The molecule has 244 valence electrons. The van der Waals surface area contributed by atoms with Gasteiger partial charge in [-0.2, -0.15) is 0 Å². The van der Waals surface area contributed by atoms with Gasteiger partial charge in [-0.25, -0.2) is 15.0 Å². The van der Waals surface area contributed by atoms with Crippen LogP contribution in [0.1, 0.15) is 38.8 Å². The predicted octanol–water partition coefficient (Wildman–Crippen LogP) is 12.4. The SMILES string of the molecule is CC(C)(C)C1(C)c2ccccc2-c2c1ccc1oc3c(-c4nc(-c5ccccc5)nc(-c5cc6ccccc6c6ccccc56)n4)cccc3c21. The zero-order valence-electron chi connectivity index (χ0n) is 29.0. The maximum Gasteiger partial charge on any atom is 0.167 e. The Bertz CT molecular complexity index is 2860. The minimum absolute atomic E-state index is 0.00517. The summed E-state index contributed by atoms with van der Waals surface area (Å²) in [6.45, 7) is 9.42. The molecule has 0 saturated carbocycles. The van der Waals surface area contributed by atoms with Crippen LogP contribution in [-0.4, -0.2) is 15.0 Å². The van der Waals surface area contributed by atoms with Crippen molar-refractivity contribution in [2.45, 2.75) is 33.1 Å². The number of benzene rings is 7. The normalized spacial score (nSPS) is 15.5. The Hall–Kier alpha value is -6.13. The molecule has 0 aliphatic heterocycles. The summed E-state index contributed by atoms with van der Waals surface area (Å²) in [5, 5.41) is 6.83. The van der Waals surface area contributed by atoms with Crippen LogP contribution >= 0.6 is 0 Å². The lowest BCUT2D eigenvalue weighted by atomic mass is 9.62. The third-order valence-corrected chi connectivity index (χ3v) is 11.4. The number of fused-ring (bicyclic) bond motifs is 10. The summed E-state index contributed by atoms with van der Waals surface area (Å²) in [6.07, 6.45) is 0. The summed E-state index contributed by atoms with van der Waals surface area (Å²) in [5.41, 5.74) is 9.47. The van der Waals surface area contributed by atoms with Crippen molar-refractivity contribution >= 4 is 43.5 Å². The average Bonchev–Trinajstić information content (AvgIpc) is 3.68. The minimum atomic E-state index is -0.162. The van der Waals surface area contributed by atoms with E-state index in [-0.39, 0.29) is 10.8 Å². The van der Waals surface area contributed by atoms with Crippen molar-refractivity contribution in [2.75, 3.05) is 0 Å². The first kappa shape index (κ1) is 29.8. The molecule has 0 radical (unpaired) electrons. The van der Waals surface area contributed by atoms with Gasteiger partial charge in [-0.15, -0.1) is 0 Å². The summed E-state index contributed by atoms with van der Waals surface area (Å²) in [7, 11) is 0. The van der Waals surface area contributed by atoms with Crippen LogP contribution in [0.4, 0.5) is 0 Å². The molecule has 4 heteroatoms. The molecule has 4 nitrogen and oxygen atoms in total. The van der Waals surface area contributed by atoms with Gasteiger partial charge in [0.05, 0.1) is 5.56 Å². The second kappa shape index (κ2) is 10.7. The van der Waals surface area contributed by atoms with E-state index < -0.39 is 0 Å². The van der Waals surface area contributed by atoms with Crippen LogP contribution in [0.25, 0.3) is 88.8 Å². The monoisotopic (exact) mass is 657 g/mol. The molecule has 9 aromatic rings. The van der Waals surface area contributed by atoms with Gasteiger partial charge in [-0.3, -0.25) is 0 Å². The number of rotatable bonds is 3. The number of para-hydroxylation sites is 1. The van der Waals surface area contributed by atoms with Crippen LogP contribution < -0.4 is 0 Å². The van der Waals surface area contributed by atoms with Gasteiger partial charge in [-0.1, -0.05) is 149 Å². The lowest BCUT2D eigenvalue weighted by Crippen LogP contribution is -2.36. The van der Waals surface area contributed by atoms with Crippen molar-refractivity contribution in [1.29, 1.82) is 0 Å². The van der Waals surface area contributed by atoms with Crippen LogP contribution in [-0.2, 0) is 5.41 Å². The summed E-state index contributed by atoms with van der Waals surface area (Å²) < 4.78 is 6.85. The number of hydrogen-bond acceptors (Lipinski definition) is 4. The largest absolute Gasteiger partial charge is 0.455 e. The van der Waals surface area contributed by atoms with Crippen LogP contribution in [0.5, 0.6) is 0 Å². The van der Waals surface area contributed by atoms with E-state index in [2.05, 4.69) is 149 Å². The summed E-state index contributed by atoms with van der Waals surface area (Å²) >= 11 is 0. The molecule has 0 spiro atoms. The first-order valence-electron chi connectivity index (χ1n) is 17.6. The Kier molecular flexibility index (Phi) is 6.23. The summed E-state index contributed by atoms with van der Waals surface area (Å²) in [5.74, 6) is 1.83. The van der Waals surface area contributed by atoms with E-state index in [0.29, 0.717) is 17.5 Å². The van der Waals surface area contributed by atoms with Gasteiger partial charge in [0.2, 0.25) is 0 Å². The van der Waals surface area contributed by atoms with Gasteiger partial charge >= 0.3 is 0 Å². The summed E-state index contributed by atoms with van der Waals surface area (Å²) in [4.78, 5) is 15.5. The highest BCUT2D eigenvalue weighted by molar-refractivity contribution is 6.17. The van der Waals surface area contributed by atoms with Crippen LogP contribution in [0.2, 0.25) is 0 Å². The van der Waals surface area contributed by atoms with E-state index in [0.717, 1.165) is 49.4 Å². The topological polar surface area (TPSA) is 51.8 Å². The van der Waals surface area contributed by atoms with Gasteiger partial charge < -0.3 is 4.42 Å². The summed E-state index contributed by atoms with van der Waals surface area (Å²) in [6, 6.07) is 49.1. The van der Waals surface area contributed by atoms with E-state index in [1.165, 1.54) is 33.0 Å². The van der Waals surface area contributed by atoms with E-state index in [1.54, 1.807) is 0 Å². The number of aromatic nitrogens is 3. The number of furan rings is 1. The second-order valence-corrected chi connectivity index (χ2v) is 14.9.